The molecular weight excluding hydrogens is 1020 g/mol. The summed E-state index contributed by atoms with van der Waals surface area (Å²) in [5.41, 5.74) is 14.5. The fraction of sp³-hybridized carbons (Fsp3) is 0.333. The molecule has 0 bridgehead atoms. The summed E-state index contributed by atoms with van der Waals surface area (Å²) in [7, 11) is 8.99. The molecule has 0 fully saturated rings. The number of likely N-dealkylation sites (N-methyl/N-ethyl adjacent to an activating group) is 5. The molecule has 3 unspecified atom stereocenters. The van der Waals surface area contributed by atoms with E-state index >= 15 is 0 Å². The average molecular weight is 1120 g/mol. The molecule has 82 heavy (non-hydrogen) atoms. The molecule has 0 aliphatic carbocycles. The number of aliphatic hydroxyl groups is 1. The normalized spacial score (nSPS) is 13.4. The first-order chi connectivity index (χ1) is 37.4. The van der Waals surface area contributed by atoms with Crippen LogP contribution in [0.1, 0.15) is 109 Å². The van der Waals surface area contributed by atoms with E-state index in [4.69, 9.17) is 5.73 Å². The molecule has 6 aromatic rings. The Bertz CT molecular complexity index is 2680. The van der Waals surface area contributed by atoms with Crippen LogP contribution in [-0.2, 0) is 54.6 Å². The Balaban J connectivity index is -0.000000906. The van der Waals surface area contributed by atoms with Gasteiger partial charge in [0.25, 0.3) is 0 Å². The van der Waals surface area contributed by atoms with Crippen molar-refractivity contribution in [3.8, 4) is 0 Å². The number of nitrogens with two attached hydrogens (primary N) is 1. The first kappa shape index (κ1) is 78.4. The highest BCUT2D eigenvalue weighted by molar-refractivity contribution is 5.97. The van der Waals surface area contributed by atoms with Crippen LogP contribution in [0.25, 0.3) is 12.2 Å². The van der Waals surface area contributed by atoms with Crippen molar-refractivity contribution in [2.24, 2.45) is 5.73 Å². The summed E-state index contributed by atoms with van der Waals surface area (Å²) < 4.78 is 0. The third-order valence-electron chi connectivity index (χ3n) is 12.3. The predicted octanol–water partition coefficient (Wildman–Crippen LogP) is 10.9. The van der Waals surface area contributed by atoms with Crippen molar-refractivity contribution in [3.63, 3.8) is 0 Å². The minimum absolute atomic E-state index is 0. The maximum atomic E-state index is 11.4. The number of Topliss-reactive ketones (excluding diaryl/α,β-unsaturated/α-hetero) is 5. The molecular formula is C69H98N6O7. The number of hydrogen-bond acceptors (Lipinski definition) is 13. The number of allylic oxidation sites excluding steroid dienone is 2. The number of carbonyl (C=O) groups excluding carboxylic acids is 6. The van der Waals surface area contributed by atoms with Gasteiger partial charge in [-0.3, -0.25) is 28.9 Å². The highest BCUT2D eigenvalue weighted by atomic mass is 16.3. The highest BCUT2D eigenvalue weighted by Gasteiger charge is 2.26. The summed E-state index contributed by atoms with van der Waals surface area (Å²) in [4.78, 5) is 68.1. The van der Waals surface area contributed by atoms with Gasteiger partial charge in [0.15, 0.2) is 11.6 Å². The van der Waals surface area contributed by atoms with E-state index < -0.39 is 12.1 Å². The average Bonchev–Trinajstić information content (AvgIpc) is 3.45. The van der Waals surface area contributed by atoms with Gasteiger partial charge >= 0.3 is 0 Å². The third-order valence-corrected chi connectivity index (χ3v) is 12.3. The Hall–Kier alpha value is -7.78. The number of nitrogens with one attached hydrogen (secondary N) is 4. The Morgan fingerprint density at radius 3 is 1.27 bits per heavy atom. The maximum absolute atomic E-state index is 11.4. The van der Waals surface area contributed by atoms with Crippen LogP contribution in [-0.4, -0.2) is 105 Å². The van der Waals surface area contributed by atoms with Gasteiger partial charge < -0.3 is 36.9 Å². The third kappa shape index (κ3) is 30.7. The van der Waals surface area contributed by atoms with Gasteiger partial charge in [0.1, 0.15) is 29.7 Å². The molecule has 13 heteroatoms. The summed E-state index contributed by atoms with van der Waals surface area (Å²) in [5.74, 6) is 0.481. The molecule has 0 amide bonds. The molecule has 7 N–H and O–H groups in total. The molecule has 0 saturated heterocycles. The molecule has 446 valence electrons. The molecule has 7 rings (SSSR count). The number of benzene rings is 6. The van der Waals surface area contributed by atoms with Crippen LogP contribution in [0.2, 0.25) is 0 Å². The lowest BCUT2D eigenvalue weighted by Crippen LogP contribution is -2.42. The molecule has 1 heterocycles. The lowest BCUT2D eigenvalue weighted by atomic mass is 9.93. The first-order valence-corrected chi connectivity index (χ1v) is 25.9. The Morgan fingerprint density at radius 2 is 0.927 bits per heavy atom. The van der Waals surface area contributed by atoms with E-state index in [1.165, 1.54) is 23.6 Å². The number of nitrogens with zero attached hydrogens (tertiary/aromatic N) is 1. The number of rotatable bonds is 18. The van der Waals surface area contributed by atoms with E-state index in [-0.39, 0.29) is 76.7 Å². The van der Waals surface area contributed by atoms with Gasteiger partial charge in [-0.25, -0.2) is 0 Å². The van der Waals surface area contributed by atoms with Crippen molar-refractivity contribution in [2.75, 3.05) is 35.2 Å². The second kappa shape index (κ2) is 44.9. The Kier molecular flexibility index (Phi) is 43.0. The van der Waals surface area contributed by atoms with Gasteiger partial charge in [0.05, 0.1) is 35.6 Å². The number of carbonyl (C=O) groups is 6. The van der Waals surface area contributed by atoms with Gasteiger partial charge in [-0.15, -0.1) is 0 Å². The molecule has 1 aliphatic heterocycles. The van der Waals surface area contributed by atoms with E-state index in [9.17, 15) is 33.9 Å². The summed E-state index contributed by atoms with van der Waals surface area (Å²) in [5, 5.41) is 21.4. The van der Waals surface area contributed by atoms with Crippen molar-refractivity contribution in [2.45, 2.75) is 120 Å². The fourth-order valence-electron chi connectivity index (χ4n) is 7.90. The van der Waals surface area contributed by atoms with E-state index in [0.717, 1.165) is 47.9 Å². The molecule has 0 aromatic heterocycles. The Labute approximate surface area is 492 Å². The highest BCUT2D eigenvalue weighted by Crippen LogP contribution is 2.22. The Morgan fingerprint density at radius 1 is 0.549 bits per heavy atom. The van der Waals surface area contributed by atoms with Crippen LogP contribution in [0.5, 0.6) is 0 Å². The van der Waals surface area contributed by atoms with Crippen LogP contribution < -0.4 is 27.0 Å². The van der Waals surface area contributed by atoms with Crippen LogP contribution >= 0.6 is 0 Å². The monoisotopic (exact) mass is 1120 g/mol. The van der Waals surface area contributed by atoms with E-state index in [0.29, 0.717) is 17.8 Å². The lowest BCUT2D eigenvalue weighted by Gasteiger charge is -2.32. The summed E-state index contributed by atoms with van der Waals surface area (Å²) in [6, 6.07) is 55.9. The van der Waals surface area contributed by atoms with Crippen molar-refractivity contribution >= 4 is 47.4 Å². The standard InChI is InChI=1S/C12H15NO.C11H15NO2.C11H15NO.2C11H13NO.C9H11NO.4CH4/c1-9(14)12-7-10-5-3-4-6-11(10)8-13(12)2;1-8(13)10(12-2)11(14)9-6-4-3-5-7-9;3*1-9(13)11(12-2)8-10-6-4-3-5-7-10;10-9(7-11)6-8-4-2-1-3-5-8;;;;/h3-6,12H,7-8H2,1-2H3;3-7,10-12,14H,1-2H3;3-7,11-12H,8H2,1-2H3;2*3-8,12H,1-2H3;1-5,7,9H,6,10H2;4*1H4/b;;;11-8+;11-8-;;;;;/t;10?,11-;;;;9-;;;;/m.0...1..../s1. The van der Waals surface area contributed by atoms with Crippen molar-refractivity contribution in [3.05, 3.63) is 226 Å². The van der Waals surface area contributed by atoms with Crippen LogP contribution in [0, 0.1) is 0 Å². The number of fused-ring (bicyclic) bond motifs is 1. The van der Waals surface area contributed by atoms with Crippen molar-refractivity contribution in [1.29, 1.82) is 0 Å². The molecule has 6 aromatic carbocycles. The van der Waals surface area contributed by atoms with Crippen LogP contribution in [0.4, 0.5) is 0 Å². The number of aldehydes is 1. The van der Waals surface area contributed by atoms with E-state index in [1.807, 2.05) is 172 Å². The fourth-order valence-corrected chi connectivity index (χ4v) is 7.90. The van der Waals surface area contributed by atoms with Crippen molar-refractivity contribution < 1.29 is 33.9 Å². The molecule has 5 atom stereocenters. The molecule has 13 nitrogen and oxygen atoms in total. The summed E-state index contributed by atoms with van der Waals surface area (Å²) in [6.07, 6.45) is 5.93. The van der Waals surface area contributed by atoms with Crippen molar-refractivity contribution in [1.82, 2.24) is 26.2 Å². The maximum Gasteiger partial charge on any atom is 0.175 e. The second-order valence-electron chi connectivity index (χ2n) is 18.4. The quantitative estimate of drug-likeness (QED) is 0.0351. The number of aliphatic hydroxyl groups excluding tert-OH is 1. The smallest absolute Gasteiger partial charge is 0.175 e. The topological polar surface area (TPSA) is 200 Å². The molecule has 0 radical (unpaired) electrons. The minimum Gasteiger partial charge on any atom is -0.386 e. The van der Waals surface area contributed by atoms with Crippen LogP contribution in [0.3, 0.4) is 0 Å². The van der Waals surface area contributed by atoms with Crippen LogP contribution in [0.15, 0.2) is 187 Å². The largest absolute Gasteiger partial charge is 0.386 e. The summed E-state index contributed by atoms with van der Waals surface area (Å²) in [6.45, 7) is 8.74. The molecule has 1 aliphatic rings. The van der Waals surface area contributed by atoms with E-state index in [2.05, 4.69) is 44.4 Å². The van der Waals surface area contributed by atoms with Gasteiger partial charge in [0, 0.05) is 34.5 Å². The first-order valence-electron chi connectivity index (χ1n) is 25.9. The minimum atomic E-state index is -0.779. The van der Waals surface area contributed by atoms with Gasteiger partial charge in [-0.1, -0.05) is 206 Å². The van der Waals surface area contributed by atoms with Gasteiger partial charge in [-0.2, -0.15) is 0 Å². The molecule has 0 saturated carbocycles. The second-order valence-corrected chi connectivity index (χ2v) is 18.4. The van der Waals surface area contributed by atoms with E-state index in [1.54, 1.807) is 61.0 Å². The number of hydrogen-bond donors (Lipinski definition) is 6. The zero-order chi connectivity index (χ0) is 57.8. The number of ketones is 5. The molecule has 0 spiro atoms. The zero-order valence-corrected chi connectivity index (χ0v) is 47.1. The van der Waals surface area contributed by atoms with Gasteiger partial charge in [-0.05, 0) is 112 Å². The SMILES string of the molecule is C.C.C.C.CC(=O)C1Cc2ccccc2CN1C.CN/C(=C/c1ccccc1)C(C)=O.CN/C(=C\c1ccccc1)C(C)=O.CNC(C(C)=O)[C@@H](O)c1ccccc1.CNC(Cc1ccccc1)C(C)=O.N[C@@H](C=O)Cc1ccccc1. The van der Waals surface area contributed by atoms with Gasteiger partial charge in [0.2, 0.25) is 0 Å². The summed E-state index contributed by atoms with van der Waals surface area (Å²) >= 11 is 0. The predicted molar refractivity (Wildman–Crippen MR) is 344 cm³/mol. The lowest BCUT2D eigenvalue weighted by molar-refractivity contribution is -0.122. The zero-order valence-electron chi connectivity index (χ0n) is 47.1.